The van der Waals surface area contributed by atoms with Gasteiger partial charge in [-0.2, -0.15) is 0 Å². The SMILES string of the molecule is NCc1cccc2c(CN3CCCCC3)coc12. The number of furan rings is 1. The Morgan fingerprint density at radius 2 is 1.94 bits per heavy atom. The van der Waals surface area contributed by atoms with E-state index in [0.29, 0.717) is 6.54 Å². The number of rotatable bonds is 3. The van der Waals surface area contributed by atoms with Crippen molar-refractivity contribution in [1.29, 1.82) is 0 Å². The van der Waals surface area contributed by atoms with Gasteiger partial charge >= 0.3 is 0 Å². The highest BCUT2D eigenvalue weighted by Gasteiger charge is 2.14. The summed E-state index contributed by atoms with van der Waals surface area (Å²) in [5, 5.41) is 1.23. The van der Waals surface area contributed by atoms with Gasteiger partial charge < -0.3 is 10.2 Å². The number of hydrogen-bond donors (Lipinski definition) is 1. The summed E-state index contributed by atoms with van der Waals surface area (Å²) in [5.74, 6) is 0. The van der Waals surface area contributed by atoms with E-state index in [1.165, 1.54) is 43.3 Å². The molecule has 0 radical (unpaired) electrons. The fraction of sp³-hybridized carbons (Fsp3) is 0.467. The summed E-state index contributed by atoms with van der Waals surface area (Å²) in [4.78, 5) is 2.52. The van der Waals surface area contributed by atoms with Crippen molar-refractivity contribution >= 4 is 11.0 Å². The first-order valence-corrected chi connectivity index (χ1v) is 6.79. The van der Waals surface area contributed by atoms with Crippen LogP contribution in [0.15, 0.2) is 28.9 Å². The highest BCUT2D eigenvalue weighted by Crippen LogP contribution is 2.26. The molecule has 1 saturated heterocycles. The number of nitrogens with two attached hydrogens (primary N) is 1. The zero-order valence-electron chi connectivity index (χ0n) is 10.7. The largest absolute Gasteiger partial charge is 0.464 e. The molecule has 1 aliphatic rings. The van der Waals surface area contributed by atoms with Crippen molar-refractivity contribution in [3.63, 3.8) is 0 Å². The van der Waals surface area contributed by atoms with Crippen molar-refractivity contribution < 1.29 is 4.42 Å². The van der Waals surface area contributed by atoms with Gasteiger partial charge in [0.25, 0.3) is 0 Å². The molecule has 3 nitrogen and oxygen atoms in total. The number of benzene rings is 1. The molecule has 1 aromatic carbocycles. The first-order valence-electron chi connectivity index (χ1n) is 6.79. The zero-order valence-corrected chi connectivity index (χ0v) is 10.7. The summed E-state index contributed by atoms with van der Waals surface area (Å²) in [6.45, 7) is 3.96. The van der Waals surface area contributed by atoms with Crippen molar-refractivity contribution in [1.82, 2.24) is 4.90 Å². The fourth-order valence-electron chi connectivity index (χ4n) is 2.81. The highest BCUT2D eigenvalue weighted by molar-refractivity contribution is 5.83. The molecule has 2 aromatic rings. The Labute approximate surface area is 108 Å². The summed E-state index contributed by atoms with van der Waals surface area (Å²) in [7, 11) is 0. The first-order chi connectivity index (χ1) is 8.88. The van der Waals surface area contributed by atoms with E-state index >= 15 is 0 Å². The number of nitrogens with zero attached hydrogens (tertiary/aromatic N) is 1. The van der Waals surface area contributed by atoms with Gasteiger partial charge in [0.05, 0.1) is 6.26 Å². The second kappa shape index (κ2) is 5.12. The molecule has 2 N–H and O–H groups in total. The van der Waals surface area contributed by atoms with Gasteiger partial charge in [-0.05, 0) is 25.9 Å². The smallest absolute Gasteiger partial charge is 0.138 e. The standard InChI is InChI=1S/C15H20N2O/c16-9-12-5-4-6-14-13(11-18-15(12)14)10-17-7-2-1-3-8-17/h4-6,11H,1-3,7-10,16H2. The van der Waals surface area contributed by atoms with Crippen LogP contribution in [0, 0.1) is 0 Å². The van der Waals surface area contributed by atoms with Crippen LogP contribution in [0.25, 0.3) is 11.0 Å². The van der Waals surface area contributed by atoms with Crippen LogP contribution in [-0.4, -0.2) is 18.0 Å². The molecule has 3 rings (SSSR count). The molecule has 2 heterocycles. The number of piperidine rings is 1. The van der Waals surface area contributed by atoms with Crippen LogP contribution in [0.4, 0.5) is 0 Å². The molecular formula is C15H20N2O. The Kier molecular flexibility index (Phi) is 3.35. The monoisotopic (exact) mass is 244 g/mol. The lowest BCUT2D eigenvalue weighted by molar-refractivity contribution is 0.221. The average molecular weight is 244 g/mol. The highest BCUT2D eigenvalue weighted by atomic mass is 16.3. The summed E-state index contributed by atoms with van der Waals surface area (Å²) < 4.78 is 5.71. The van der Waals surface area contributed by atoms with E-state index < -0.39 is 0 Å². The van der Waals surface area contributed by atoms with Crippen LogP contribution in [-0.2, 0) is 13.1 Å². The molecular weight excluding hydrogens is 224 g/mol. The van der Waals surface area contributed by atoms with Gasteiger partial charge in [-0.1, -0.05) is 24.6 Å². The number of likely N-dealkylation sites (tertiary alicyclic amines) is 1. The van der Waals surface area contributed by atoms with Crippen molar-refractivity contribution in [3.8, 4) is 0 Å². The average Bonchev–Trinajstić information content (AvgIpc) is 2.83. The lowest BCUT2D eigenvalue weighted by Gasteiger charge is -2.25. The van der Waals surface area contributed by atoms with Gasteiger partial charge in [0, 0.05) is 29.6 Å². The van der Waals surface area contributed by atoms with Crippen molar-refractivity contribution in [2.24, 2.45) is 5.73 Å². The Balaban J connectivity index is 1.88. The summed E-state index contributed by atoms with van der Waals surface area (Å²) in [6, 6.07) is 6.24. The van der Waals surface area contributed by atoms with Gasteiger partial charge in [-0.3, -0.25) is 4.90 Å². The maximum Gasteiger partial charge on any atom is 0.138 e. The molecule has 0 saturated carbocycles. The van der Waals surface area contributed by atoms with Crippen LogP contribution < -0.4 is 5.73 Å². The van der Waals surface area contributed by atoms with Crippen LogP contribution in [0.3, 0.4) is 0 Å². The third-order valence-electron chi connectivity index (χ3n) is 3.82. The minimum absolute atomic E-state index is 0.536. The van der Waals surface area contributed by atoms with Crippen LogP contribution in [0.2, 0.25) is 0 Å². The molecule has 0 spiro atoms. The third kappa shape index (κ3) is 2.16. The van der Waals surface area contributed by atoms with Crippen LogP contribution in [0.1, 0.15) is 30.4 Å². The normalized spacial score (nSPS) is 17.4. The molecule has 3 heteroatoms. The molecule has 0 amide bonds. The Morgan fingerprint density at radius 1 is 1.11 bits per heavy atom. The van der Waals surface area contributed by atoms with E-state index in [0.717, 1.165) is 17.7 Å². The molecule has 18 heavy (non-hydrogen) atoms. The number of hydrogen-bond acceptors (Lipinski definition) is 3. The molecule has 0 unspecified atom stereocenters. The predicted molar refractivity (Wildman–Crippen MR) is 73.2 cm³/mol. The van der Waals surface area contributed by atoms with E-state index in [-0.39, 0.29) is 0 Å². The third-order valence-corrected chi connectivity index (χ3v) is 3.82. The summed E-state index contributed by atoms with van der Waals surface area (Å²) in [5.41, 5.74) is 9.09. The quantitative estimate of drug-likeness (QED) is 0.902. The van der Waals surface area contributed by atoms with E-state index in [2.05, 4.69) is 17.0 Å². The maximum atomic E-state index is 5.74. The lowest BCUT2D eigenvalue weighted by atomic mass is 10.1. The molecule has 0 bridgehead atoms. The topological polar surface area (TPSA) is 42.4 Å². The number of para-hydroxylation sites is 1. The molecule has 1 aliphatic heterocycles. The minimum atomic E-state index is 0.536. The Morgan fingerprint density at radius 3 is 2.72 bits per heavy atom. The van der Waals surface area contributed by atoms with Gasteiger partial charge in [0.2, 0.25) is 0 Å². The second-order valence-electron chi connectivity index (χ2n) is 5.10. The van der Waals surface area contributed by atoms with Crippen molar-refractivity contribution in [2.75, 3.05) is 13.1 Å². The van der Waals surface area contributed by atoms with Gasteiger partial charge in [0.15, 0.2) is 0 Å². The van der Waals surface area contributed by atoms with Gasteiger partial charge in [-0.25, -0.2) is 0 Å². The maximum absolute atomic E-state index is 5.74. The lowest BCUT2D eigenvalue weighted by Crippen LogP contribution is -2.28. The summed E-state index contributed by atoms with van der Waals surface area (Å²) >= 11 is 0. The molecule has 1 aromatic heterocycles. The Hall–Kier alpha value is -1.32. The Bertz CT molecular complexity index is 526. The molecule has 1 fully saturated rings. The van der Waals surface area contributed by atoms with Crippen molar-refractivity contribution in [2.45, 2.75) is 32.4 Å². The predicted octanol–water partition coefficient (Wildman–Crippen LogP) is 2.88. The van der Waals surface area contributed by atoms with E-state index in [4.69, 9.17) is 10.2 Å². The fourth-order valence-corrected chi connectivity index (χ4v) is 2.81. The van der Waals surface area contributed by atoms with Crippen molar-refractivity contribution in [3.05, 3.63) is 35.6 Å². The van der Waals surface area contributed by atoms with Crippen LogP contribution >= 0.6 is 0 Å². The van der Waals surface area contributed by atoms with Crippen LogP contribution in [0.5, 0.6) is 0 Å². The first kappa shape index (κ1) is 11.8. The number of fused-ring (bicyclic) bond motifs is 1. The van der Waals surface area contributed by atoms with E-state index in [1.54, 1.807) is 0 Å². The molecule has 96 valence electrons. The second-order valence-corrected chi connectivity index (χ2v) is 5.10. The summed E-state index contributed by atoms with van der Waals surface area (Å²) in [6.07, 6.45) is 5.92. The molecule has 0 atom stereocenters. The molecule has 0 aliphatic carbocycles. The minimum Gasteiger partial charge on any atom is -0.464 e. The van der Waals surface area contributed by atoms with Gasteiger partial charge in [0.1, 0.15) is 5.58 Å². The zero-order chi connectivity index (χ0) is 12.4. The van der Waals surface area contributed by atoms with E-state index in [1.807, 2.05) is 12.3 Å². The van der Waals surface area contributed by atoms with Gasteiger partial charge in [-0.15, -0.1) is 0 Å². The van der Waals surface area contributed by atoms with E-state index in [9.17, 15) is 0 Å².